The first-order chi connectivity index (χ1) is 12.5. The molecule has 2 rings (SSSR count). The highest BCUT2D eigenvalue weighted by Gasteiger charge is 2.18. The lowest BCUT2D eigenvalue weighted by molar-refractivity contribution is 0.254. The molecule has 0 bridgehead atoms. The lowest BCUT2D eigenvalue weighted by Crippen LogP contribution is -2.48. The van der Waals surface area contributed by atoms with E-state index in [0.29, 0.717) is 0 Å². The summed E-state index contributed by atoms with van der Waals surface area (Å²) >= 11 is 1.86. The van der Waals surface area contributed by atoms with Crippen molar-refractivity contribution in [2.75, 3.05) is 64.0 Å². The number of piperazine rings is 1. The van der Waals surface area contributed by atoms with Crippen LogP contribution in [0, 0.1) is 0 Å². The van der Waals surface area contributed by atoms with Crippen LogP contribution in [0.5, 0.6) is 0 Å². The molecular formula is C18H33N7S. The molecule has 1 saturated heterocycles. The smallest absolute Gasteiger partial charge is 0.225 e. The molecule has 7 nitrogen and oxygen atoms in total. The highest BCUT2D eigenvalue weighted by Crippen LogP contribution is 2.19. The summed E-state index contributed by atoms with van der Waals surface area (Å²) in [6.07, 6.45) is 6.86. The van der Waals surface area contributed by atoms with E-state index >= 15 is 0 Å². The van der Waals surface area contributed by atoms with Gasteiger partial charge in [-0.2, -0.15) is 11.8 Å². The predicted octanol–water partition coefficient (Wildman–Crippen LogP) is 1.30. The van der Waals surface area contributed by atoms with Gasteiger partial charge in [0.1, 0.15) is 0 Å². The van der Waals surface area contributed by atoms with Crippen LogP contribution in [0.4, 0.5) is 5.95 Å². The van der Waals surface area contributed by atoms with Gasteiger partial charge in [-0.05, 0) is 39.1 Å². The second-order valence-electron chi connectivity index (χ2n) is 7.05. The Morgan fingerprint density at radius 3 is 2.50 bits per heavy atom. The molecule has 0 aromatic carbocycles. The van der Waals surface area contributed by atoms with Gasteiger partial charge in [-0.15, -0.1) is 0 Å². The van der Waals surface area contributed by atoms with E-state index in [1.165, 1.54) is 0 Å². The van der Waals surface area contributed by atoms with Crippen LogP contribution in [-0.2, 0) is 0 Å². The van der Waals surface area contributed by atoms with Crippen molar-refractivity contribution >= 4 is 23.7 Å². The average Bonchev–Trinajstić information content (AvgIpc) is 2.68. The number of rotatable bonds is 8. The monoisotopic (exact) mass is 379 g/mol. The van der Waals surface area contributed by atoms with Crippen LogP contribution in [-0.4, -0.2) is 84.7 Å². The van der Waals surface area contributed by atoms with Crippen LogP contribution in [0.2, 0.25) is 0 Å². The van der Waals surface area contributed by atoms with Gasteiger partial charge in [0.2, 0.25) is 5.95 Å². The van der Waals surface area contributed by atoms with Gasteiger partial charge in [0.05, 0.1) is 0 Å². The number of aliphatic imine (C=N–C) groups is 1. The number of hydrogen-bond donors (Lipinski definition) is 2. The largest absolute Gasteiger partial charge is 0.356 e. The normalized spacial score (nSPS) is 16.6. The first-order valence-corrected chi connectivity index (χ1v) is 10.5. The highest BCUT2D eigenvalue weighted by atomic mass is 32.2. The number of nitrogens with zero attached hydrogens (tertiary/aromatic N) is 5. The maximum absolute atomic E-state index is 4.34. The van der Waals surface area contributed by atoms with E-state index in [-0.39, 0.29) is 4.75 Å². The Balaban J connectivity index is 1.60. The van der Waals surface area contributed by atoms with E-state index in [4.69, 9.17) is 0 Å². The van der Waals surface area contributed by atoms with E-state index in [0.717, 1.165) is 64.1 Å². The molecule has 26 heavy (non-hydrogen) atoms. The fraction of sp³-hybridized carbons (Fsp3) is 0.722. The van der Waals surface area contributed by atoms with Gasteiger partial charge in [0.15, 0.2) is 5.96 Å². The second kappa shape index (κ2) is 10.6. The van der Waals surface area contributed by atoms with Gasteiger partial charge in [0.25, 0.3) is 0 Å². The van der Waals surface area contributed by atoms with Gasteiger partial charge in [-0.25, -0.2) is 9.97 Å². The minimum atomic E-state index is 0.208. The van der Waals surface area contributed by atoms with Gasteiger partial charge in [0, 0.05) is 63.5 Å². The van der Waals surface area contributed by atoms with E-state index in [2.05, 4.69) is 55.5 Å². The molecule has 0 atom stereocenters. The van der Waals surface area contributed by atoms with Crippen molar-refractivity contribution in [2.45, 2.75) is 25.0 Å². The first-order valence-electron chi connectivity index (χ1n) is 9.28. The lowest BCUT2D eigenvalue weighted by Gasteiger charge is -2.34. The Bertz CT molecular complexity index is 542. The molecule has 0 unspecified atom stereocenters. The number of nitrogens with one attached hydrogen (secondary N) is 2. The van der Waals surface area contributed by atoms with Crippen LogP contribution in [0.3, 0.4) is 0 Å². The molecule has 1 aliphatic rings. The molecule has 2 heterocycles. The summed E-state index contributed by atoms with van der Waals surface area (Å²) in [5.74, 6) is 1.73. The minimum Gasteiger partial charge on any atom is -0.356 e. The average molecular weight is 380 g/mol. The Kier molecular flexibility index (Phi) is 8.44. The van der Waals surface area contributed by atoms with Crippen LogP contribution in [0.15, 0.2) is 23.5 Å². The molecule has 1 aromatic heterocycles. The molecule has 146 valence electrons. The van der Waals surface area contributed by atoms with E-state index < -0.39 is 0 Å². The standard InChI is InChI=1S/C18H33N7S/c1-18(2,26-4)15-23-16(19-3)20-9-6-10-24-11-13-25(14-12-24)17-21-7-5-8-22-17/h5,7-8H,6,9-15H2,1-4H3,(H2,19,20,23). The molecule has 1 fully saturated rings. The molecule has 0 radical (unpaired) electrons. The third-order valence-electron chi connectivity index (χ3n) is 4.61. The summed E-state index contributed by atoms with van der Waals surface area (Å²) in [4.78, 5) is 17.7. The Morgan fingerprint density at radius 1 is 1.19 bits per heavy atom. The molecule has 0 aliphatic carbocycles. The molecule has 1 aromatic rings. The van der Waals surface area contributed by atoms with Crippen LogP contribution in [0.1, 0.15) is 20.3 Å². The number of anilines is 1. The van der Waals surface area contributed by atoms with Crippen molar-refractivity contribution in [1.82, 2.24) is 25.5 Å². The SMILES string of the molecule is CN=C(NCCCN1CCN(c2ncccn2)CC1)NCC(C)(C)SC. The van der Waals surface area contributed by atoms with Gasteiger partial charge < -0.3 is 15.5 Å². The van der Waals surface area contributed by atoms with E-state index in [9.17, 15) is 0 Å². The summed E-state index contributed by atoms with van der Waals surface area (Å²) in [5, 5.41) is 6.82. The zero-order valence-corrected chi connectivity index (χ0v) is 17.3. The number of guanidine groups is 1. The number of thioether (sulfide) groups is 1. The molecule has 0 saturated carbocycles. The zero-order chi connectivity index (χ0) is 18.8. The van der Waals surface area contributed by atoms with Crippen molar-refractivity contribution in [1.29, 1.82) is 0 Å². The first kappa shape index (κ1) is 20.8. The number of aromatic nitrogens is 2. The summed E-state index contributed by atoms with van der Waals surface area (Å²) in [6.45, 7) is 11.5. The van der Waals surface area contributed by atoms with Crippen LogP contribution in [0.25, 0.3) is 0 Å². The van der Waals surface area contributed by atoms with Crippen LogP contribution >= 0.6 is 11.8 Å². The Hall–Kier alpha value is -1.54. The quantitative estimate of drug-likeness (QED) is 0.401. The fourth-order valence-corrected chi connectivity index (χ4v) is 2.94. The van der Waals surface area contributed by atoms with Crippen molar-refractivity contribution in [3.05, 3.63) is 18.5 Å². The minimum absolute atomic E-state index is 0.208. The molecule has 8 heteroatoms. The fourth-order valence-electron chi connectivity index (χ4n) is 2.72. The maximum atomic E-state index is 4.34. The Morgan fingerprint density at radius 2 is 1.88 bits per heavy atom. The highest BCUT2D eigenvalue weighted by molar-refractivity contribution is 7.99. The second-order valence-corrected chi connectivity index (χ2v) is 8.56. The van der Waals surface area contributed by atoms with Crippen molar-refractivity contribution in [2.24, 2.45) is 4.99 Å². The summed E-state index contributed by atoms with van der Waals surface area (Å²) < 4.78 is 0.208. The van der Waals surface area contributed by atoms with Crippen molar-refractivity contribution in [3.8, 4) is 0 Å². The Labute approximate surface area is 162 Å². The van der Waals surface area contributed by atoms with Gasteiger partial charge in [-0.1, -0.05) is 0 Å². The summed E-state index contributed by atoms with van der Waals surface area (Å²) in [7, 11) is 1.83. The van der Waals surface area contributed by atoms with Crippen molar-refractivity contribution in [3.63, 3.8) is 0 Å². The van der Waals surface area contributed by atoms with Gasteiger partial charge >= 0.3 is 0 Å². The van der Waals surface area contributed by atoms with E-state index in [1.54, 1.807) is 0 Å². The predicted molar refractivity (Wildman–Crippen MR) is 112 cm³/mol. The molecule has 0 spiro atoms. The lowest BCUT2D eigenvalue weighted by atomic mass is 10.2. The molecular weight excluding hydrogens is 346 g/mol. The van der Waals surface area contributed by atoms with Crippen molar-refractivity contribution < 1.29 is 0 Å². The summed E-state index contributed by atoms with van der Waals surface area (Å²) in [6, 6.07) is 1.86. The third kappa shape index (κ3) is 6.99. The van der Waals surface area contributed by atoms with Crippen LogP contribution < -0.4 is 15.5 Å². The molecule has 0 amide bonds. The topological polar surface area (TPSA) is 68.7 Å². The molecule has 2 N–H and O–H groups in total. The zero-order valence-electron chi connectivity index (χ0n) is 16.5. The van der Waals surface area contributed by atoms with E-state index in [1.807, 2.05) is 37.3 Å². The summed E-state index contributed by atoms with van der Waals surface area (Å²) in [5.41, 5.74) is 0. The number of hydrogen-bond acceptors (Lipinski definition) is 6. The third-order valence-corrected chi connectivity index (χ3v) is 5.86. The molecule has 1 aliphatic heterocycles. The maximum Gasteiger partial charge on any atom is 0.225 e. The van der Waals surface area contributed by atoms with Gasteiger partial charge in [-0.3, -0.25) is 9.89 Å².